The smallest absolute Gasteiger partial charge is 0.0601 e. The lowest BCUT2D eigenvalue weighted by molar-refractivity contribution is 0.0153. The van der Waals surface area contributed by atoms with E-state index in [4.69, 9.17) is 4.74 Å². The molecule has 1 aliphatic carbocycles. The third-order valence-electron chi connectivity index (χ3n) is 2.35. The zero-order chi connectivity index (χ0) is 9.19. The Morgan fingerprint density at radius 1 is 1.33 bits per heavy atom. The van der Waals surface area contributed by atoms with Crippen molar-refractivity contribution < 1.29 is 4.74 Å². The third kappa shape index (κ3) is 3.11. The molecule has 0 unspecified atom stereocenters. The number of rotatable bonds is 3. The molecule has 0 aliphatic heterocycles. The highest BCUT2D eigenvalue weighted by atomic mass is 16.5. The molecule has 1 fully saturated rings. The van der Waals surface area contributed by atoms with E-state index in [1.54, 1.807) is 7.11 Å². The van der Waals surface area contributed by atoms with Crippen molar-refractivity contribution in [3.8, 4) is 0 Å². The summed E-state index contributed by atoms with van der Waals surface area (Å²) in [7, 11) is 1.80. The standard InChI is InChI=1S/C10H21NO/c1-10(2,3)7-11-8-5-9(6-8)12-4/h8-9,11H,5-7H2,1-4H3. The Balaban J connectivity index is 2.04. The summed E-state index contributed by atoms with van der Waals surface area (Å²) >= 11 is 0. The second kappa shape index (κ2) is 3.75. The average molecular weight is 171 g/mol. The van der Waals surface area contributed by atoms with Gasteiger partial charge in [0, 0.05) is 19.7 Å². The van der Waals surface area contributed by atoms with E-state index in [1.165, 1.54) is 12.8 Å². The third-order valence-corrected chi connectivity index (χ3v) is 2.35. The molecule has 0 aromatic carbocycles. The molecule has 0 spiro atoms. The fourth-order valence-corrected chi connectivity index (χ4v) is 1.38. The van der Waals surface area contributed by atoms with Gasteiger partial charge in [0.15, 0.2) is 0 Å². The van der Waals surface area contributed by atoms with Gasteiger partial charge in [-0.3, -0.25) is 0 Å². The van der Waals surface area contributed by atoms with Crippen molar-refractivity contribution in [1.29, 1.82) is 0 Å². The van der Waals surface area contributed by atoms with E-state index in [0.29, 0.717) is 17.6 Å². The first-order valence-corrected chi connectivity index (χ1v) is 4.77. The van der Waals surface area contributed by atoms with Gasteiger partial charge in [-0.2, -0.15) is 0 Å². The van der Waals surface area contributed by atoms with Crippen LogP contribution in [0.4, 0.5) is 0 Å². The highest BCUT2D eigenvalue weighted by Gasteiger charge is 2.29. The second-order valence-corrected chi connectivity index (χ2v) is 4.97. The fourth-order valence-electron chi connectivity index (χ4n) is 1.38. The molecular formula is C10H21NO. The molecule has 0 aromatic rings. The van der Waals surface area contributed by atoms with Crippen LogP contribution in [0.3, 0.4) is 0 Å². The Hall–Kier alpha value is -0.0800. The van der Waals surface area contributed by atoms with Crippen molar-refractivity contribution in [2.75, 3.05) is 13.7 Å². The molecule has 12 heavy (non-hydrogen) atoms. The summed E-state index contributed by atoms with van der Waals surface area (Å²) in [4.78, 5) is 0. The molecule has 0 radical (unpaired) electrons. The lowest BCUT2D eigenvalue weighted by atomic mass is 9.87. The predicted octanol–water partition coefficient (Wildman–Crippen LogP) is 1.80. The largest absolute Gasteiger partial charge is 0.381 e. The normalized spacial score (nSPS) is 30.0. The summed E-state index contributed by atoms with van der Waals surface area (Å²) in [5.74, 6) is 0. The molecule has 0 amide bonds. The fraction of sp³-hybridized carbons (Fsp3) is 1.00. The first kappa shape index (κ1) is 10.0. The van der Waals surface area contributed by atoms with Gasteiger partial charge in [-0.15, -0.1) is 0 Å². The molecule has 0 saturated heterocycles. The predicted molar refractivity (Wildman–Crippen MR) is 51.3 cm³/mol. The van der Waals surface area contributed by atoms with Crippen molar-refractivity contribution in [3.05, 3.63) is 0 Å². The van der Waals surface area contributed by atoms with Crippen LogP contribution in [0.15, 0.2) is 0 Å². The maximum Gasteiger partial charge on any atom is 0.0601 e. The highest BCUT2D eigenvalue weighted by molar-refractivity contribution is 4.86. The van der Waals surface area contributed by atoms with Gasteiger partial charge in [0.2, 0.25) is 0 Å². The minimum Gasteiger partial charge on any atom is -0.381 e. The first-order chi connectivity index (χ1) is 5.51. The van der Waals surface area contributed by atoms with Gasteiger partial charge in [0.05, 0.1) is 6.10 Å². The van der Waals surface area contributed by atoms with Gasteiger partial charge in [-0.1, -0.05) is 20.8 Å². The number of nitrogens with one attached hydrogen (secondary N) is 1. The lowest BCUT2D eigenvalue weighted by Gasteiger charge is -2.36. The van der Waals surface area contributed by atoms with E-state index in [0.717, 1.165) is 6.54 Å². The zero-order valence-corrected chi connectivity index (χ0v) is 8.68. The summed E-state index contributed by atoms with van der Waals surface area (Å²) in [5, 5.41) is 3.54. The van der Waals surface area contributed by atoms with E-state index in [9.17, 15) is 0 Å². The SMILES string of the molecule is COC1CC(NCC(C)(C)C)C1. The Kier molecular flexibility index (Phi) is 3.13. The van der Waals surface area contributed by atoms with Gasteiger partial charge in [0.25, 0.3) is 0 Å². The van der Waals surface area contributed by atoms with Crippen molar-refractivity contribution in [2.24, 2.45) is 5.41 Å². The summed E-state index contributed by atoms with van der Waals surface area (Å²) in [6.45, 7) is 7.87. The van der Waals surface area contributed by atoms with Crippen LogP contribution in [0, 0.1) is 5.41 Å². The van der Waals surface area contributed by atoms with Crippen LogP contribution in [0.1, 0.15) is 33.6 Å². The molecular weight excluding hydrogens is 150 g/mol. The number of ether oxygens (including phenoxy) is 1. The van der Waals surface area contributed by atoms with E-state index in [-0.39, 0.29) is 0 Å². The Morgan fingerprint density at radius 3 is 2.33 bits per heavy atom. The van der Waals surface area contributed by atoms with Crippen LogP contribution in [-0.2, 0) is 4.74 Å². The van der Waals surface area contributed by atoms with Gasteiger partial charge in [0.1, 0.15) is 0 Å². The summed E-state index contributed by atoms with van der Waals surface area (Å²) in [6, 6.07) is 0.703. The molecule has 0 atom stereocenters. The lowest BCUT2D eigenvalue weighted by Crippen LogP contribution is -2.47. The molecule has 0 heterocycles. The number of hydrogen-bond donors (Lipinski definition) is 1. The molecule has 1 rings (SSSR count). The maximum absolute atomic E-state index is 5.21. The van der Waals surface area contributed by atoms with Gasteiger partial charge in [-0.25, -0.2) is 0 Å². The quantitative estimate of drug-likeness (QED) is 0.699. The number of hydrogen-bond acceptors (Lipinski definition) is 2. The summed E-state index contributed by atoms with van der Waals surface area (Å²) in [5.41, 5.74) is 0.401. The molecule has 0 aromatic heterocycles. The minimum atomic E-state index is 0.401. The van der Waals surface area contributed by atoms with Crippen LogP contribution >= 0.6 is 0 Å². The maximum atomic E-state index is 5.21. The first-order valence-electron chi connectivity index (χ1n) is 4.77. The van der Waals surface area contributed by atoms with Crippen LogP contribution in [0.25, 0.3) is 0 Å². The van der Waals surface area contributed by atoms with E-state index < -0.39 is 0 Å². The van der Waals surface area contributed by atoms with Crippen molar-refractivity contribution in [2.45, 2.75) is 45.8 Å². The molecule has 1 N–H and O–H groups in total. The van der Waals surface area contributed by atoms with E-state index in [1.807, 2.05) is 0 Å². The highest BCUT2D eigenvalue weighted by Crippen LogP contribution is 2.23. The van der Waals surface area contributed by atoms with Gasteiger partial charge < -0.3 is 10.1 Å². The van der Waals surface area contributed by atoms with Gasteiger partial charge in [-0.05, 0) is 18.3 Å². The van der Waals surface area contributed by atoms with Crippen LogP contribution in [0.2, 0.25) is 0 Å². The Bertz CT molecular complexity index is 133. The molecule has 1 aliphatic rings. The second-order valence-electron chi connectivity index (χ2n) is 4.97. The van der Waals surface area contributed by atoms with Crippen molar-refractivity contribution in [1.82, 2.24) is 5.32 Å². The van der Waals surface area contributed by atoms with Crippen LogP contribution in [-0.4, -0.2) is 25.8 Å². The Morgan fingerprint density at radius 2 is 1.92 bits per heavy atom. The monoisotopic (exact) mass is 171 g/mol. The summed E-state index contributed by atoms with van der Waals surface area (Å²) < 4.78 is 5.21. The van der Waals surface area contributed by atoms with Crippen LogP contribution in [0.5, 0.6) is 0 Å². The Labute approximate surface area is 75.7 Å². The molecule has 1 saturated carbocycles. The zero-order valence-electron chi connectivity index (χ0n) is 8.68. The number of methoxy groups -OCH3 is 1. The molecule has 2 heteroatoms. The van der Waals surface area contributed by atoms with E-state index >= 15 is 0 Å². The minimum absolute atomic E-state index is 0.401. The van der Waals surface area contributed by atoms with Crippen LogP contribution < -0.4 is 5.32 Å². The average Bonchev–Trinajstić information content (AvgIpc) is 1.82. The topological polar surface area (TPSA) is 21.3 Å². The molecule has 2 nitrogen and oxygen atoms in total. The van der Waals surface area contributed by atoms with Gasteiger partial charge >= 0.3 is 0 Å². The van der Waals surface area contributed by atoms with E-state index in [2.05, 4.69) is 26.1 Å². The molecule has 72 valence electrons. The van der Waals surface area contributed by atoms with Crippen molar-refractivity contribution in [3.63, 3.8) is 0 Å². The van der Waals surface area contributed by atoms with Crippen molar-refractivity contribution >= 4 is 0 Å². The summed E-state index contributed by atoms with van der Waals surface area (Å²) in [6.07, 6.45) is 2.89. The molecule has 0 bridgehead atoms.